The molecule has 0 N–H and O–H groups in total. The molecule has 1 atom stereocenters. The summed E-state index contributed by atoms with van der Waals surface area (Å²) in [7, 11) is 3.05. The molecule has 0 aliphatic rings. The summed E-state index contributed by atoms with van der Waals surface area (Å²) < 4.78 is 10.4. The summed E-state index contributed by atoms with van der Waals surface area (Å²) in [5, 5.41) is 0. The first-order valence-corrected chi connectivity index (χ1v) is 5.47. The Morgan fingerprint density at radius 3 is 2.47 bits per heavy atom. The zero-order valence-electron chi connectivity index (χ0n) is 11.0. The number of carbonyl (C=O) groups is 1. The van der Waals surface area contributed by atoms with Crippen molar-refractivity contribution in [3.05, 3.63) is 24.0 Å². The van der Waals surface area contributed by atoms with Gasteiger partial charge in [-0.3, -0.25) is 4.79 Å². The third-order valence-corrected chi connectivity index (χ3v) is 2.48. The van der Waals surface area contributed by atoms with Crippen molar-refractivity contribution < 1.29 is 14.3 Å². The topological polar surface area (TPSA) is 48.4 Å². The van der Waals surface area contributed by atoms with Gasteiger partial charge in [-0.05, 0) is 17.5 Å². The van der Waals surface area contributed by atoms with Crippen LogP contribution in [0, 0.1) is 5.41 Å². The Balaban J connectivity index is 3.11. The second-order valence-corrected chi connectivity index (χ2v) is 4.90. The van der Waals surface area contributed by atoms with E-state index in [1.54, 1.807) is 18.3 Å². The van der Waals surface area contributed by atoms with Crippen LogP contribution in [0.2, 0.25) is 0 Å². The van der Waals surface area contributed by atoms with Gasteiger partial charge in [0.05, 0.1) is 7.11 Å². The van der Waals surface area contributed by atoms with Gasteiger partial charge < -0.3 is 9.47 Å². The molecule has 1 heterocycles. The summed E-state index contributed by atoms with van der Waals surface area (Å²) in [5.41, 5.74) is 0.0331. The lowest BCUT2D eigenvalue weighted by molar-refractivity contribution is 0.0189. The van der Waals surface area contributed by atoms with Crippen LogP contribution in [0.15, 0.2) is 18.3 Å². The minimum Gasteiger partial charge on any atom is -0.494 e. The van der Waals surface area contributed by atoms with E-state index in [0.717, 1.165) is 0 Å². The number of Topliss-reactive ketones (excluding diaryl/α,β-unsaturated/α-hetero) is 1. The molecule has 0 saturated carbocycles. The first-order valence-electron chi connectivity index (χ1n) is 5.47. The van der Waals surface area contributed by atoms with E-state index in [0.29, 0.717) is 11.4 Å². The second kappa shape index (κ2) is 5.27. The van der Waals surface area contributed by atoms with Gasteiger partial charge in [0, 0.05) is 13.3 Å². The molecule has 17 heavy (non-hydrogen) atoms. The zero-order valence-corrected chi connectivity index (χ0v) is 11.0. The first-order chi connectivity index (χ1) is 7.91. The van der Waals surface area contributed by atoms with Crippen molar-refractivity contribution in [3.63, 3.8) is 0 Å². The molecule has 0 radical (unpaired) electrons. The lowest BCUT2D eigenvalue weighted by atomic mass is 9.85. The van der Waals surface area contributed by atoms with Crippen LogP contribution in [0.25, 0.3) is 0 Å². The second-order valence-electron chi connectivity index (χ2n) is 4.90. The largest absolute Gasteiger partial charge is 0.494 e. The van der Waals surface area contributed by atoms with E-state index in [1.807, 2.05) is 20.8 Å². The first kappa shape index (κ1) is 13.6. The minimum atomic E-state index is -0.536. The van der Waals surface area contributed by atoms with E-state index in [9.17, 15) is 4.79 Å². The van der Waals surface area contributed by atoms with E-state index >= 15 is 0 Å². The van der Waals surface area contributed by atoms with Crippen LogP contribution in [0.3, 0.4) is 0 Å². The van der Waals surface area contributed by atoms with Crippen LogP contribution in [0.1, 0.15) is 31.3 Å². The summed E-state index contributed by atoms with van der Waals surface area (Å²) in [6.45, 7) is 5.86. The SMILES string of the molecule is COc1cccnc1C(=O)C(OC)C(C)(C)C. The van der Waals surface area contributed by atoms with Crippen molar-refractivity contribution in [1.82, 2.24) is 4.98 Å². The van der Waals surface area contributed by atoms with Crippen molar-refractivity contribution in [1.29, 1.82) is 0 Å². The third kappa shape index (κ3) is 3.03. The molecule has 4 heteroatoms. The average Bonchev–Trinajstić information content (AvgIpc) is 2.27. The van der Waals surface area contributed by atoms with Crippen LogP contribution >= 0.6 is 0 Å². The van der Waals surface area contributed by atoms with E-state index in [1.165, 1.54) is 14.2 Å². The molecule has 0 saturated heterocycles. The summed E-state index contributed by atoms with van der Waals surface area (Å²) >= 11 is 0. The van der Waals surface area contributed by atoms with Gasteiger partial charge in [0.25, 0.3) is 0 Å². The molecule has 0 aromatic carbocycles. The molecule has 1 aromatic heterocycles. The smallest absolute Gasteiger partial charge is 0.214 e. The highest BCUT2D eigenvalue weighted by molar-refractivity contribution is 6.00. The molecule has 1 aromatic rings. The van der Waals surface area contributed by atoms with Gasteiger partial charge in [-0.1, -0.05) is 20.8 Å². The Labute approximate surface area is 102 Å². The number of pyridine rings is 1. The number of carbonyl (C=O) groups excluding carboxylic acids is 1. The van der Waals surface area contributed by atoms with E-state index in [4.69, 9.17) is 9.47 Å². The number of ether oxygens (including phenoxy) is 2. The van der Waals surface area contributed by atoms with Gasteiger partial charge in [0.1, 0.15) is 11.9 Å². The molecular formula is C13H19NO3. The number of rotatable bonds is 4. The van der Waals surface area contributed by atoms with Crippen LogP contribution < -0.4 is 4.74 Å². The van der Waals surface area contributed by atoms with Crippen molar-refractivity contribution in [3.8, 4) is 5.75 Å². The van der Waals surface area contributed by atoms with Gasteiger partial charge in [0.2, 0.25) is 5.78 Å². The van der Waals surface area contributed by atoms with Crippen molar-refractivity contribution in [2.75, 3.05) is 14.2 Å². The molecule has 1 unspecified atom stereocenters. The summed E-state index contributed by atoms with van der Waals surface area (Å²) in [5.74, 6) is 0.321. The van der Waals surface area contributed by atoms with Gasteiger partial charge in [-0.25, -0.2) is 4.98 Å². The van der Waals surface area contributed by atoms with Gasteiger partial charge in [0.15, 0.2) is 5.69 Å². The monoisotopic (exact) mass is 237 g/mol. The molecule has 94 valence electrons. The van der Waals surface area contributed by atoms with Crippen LogP contribution in [-0.4, -0.2) is 31.1 Å². The van der Waals surface area contributed by atoms with E-state index in [2.05, 4.69) is 4.98 Å². The average molecular weight is 237 g/mol. The number of aromatic nitrogens is 1. The maximum atomic E-state index is 12.3. The minimum absolute atomic E-state index is 0.155. The van der Waals surface area contributed by atoms with E-state index < -0.39 is 6.10 Å². The van der Waals surface area contributed by atoms with Gasteiger partial charge in [-0.2, -0.15) is 0 Å². The summed E-state index contributed by atoms with van der Waals surface area (Å²) in [4.78, 5) is 16.4. The standard InChI is InChI=1S/C13H19NO3/c1-13(2,3)12(17-5)11(15)10-9(16-4)7-6-8-14-10/h6-8,12H,1-5H3. The molecule has 0 aliphatic carbocycles. The quantitative estimate of drug-likeness (QED) is 0.754. The Bertz CT molecular complexity index is 396. The molecular weight excluding hydrogens is 218 g/mol. The number of methoxy groups -OCH3 is 2. The van der Waals surface area contributed by atoms with Gasteiger partial charge >= 0.3 is 0 Å². The van der Waals surface area contributed by atoms with Gasteiger partial charge in [-0.15, -0.1) is 0 Å². The molecule has 1 rings (SSSR count). The normalized spacial score (nSPS) is 13.2. The lowest BCUT2D eigenvalue weighted by Crippen LogP contribution is -2.36. The predicted octanol–water partition coefficient (Wildman–Crippen LogP) is 2.33. The van der Waals surface area contributed by atoms with Crippen LogP contribution in [0.5, 0.6) is 5.75 Å². The number of nitrogens with zero attached hydrogens (tertiary/aromatic N) is 1. The number of hydrogen-bond acceptors (Lipinski definition) is 4. The highest BCUT2D eigenvalue weighted by Crippen LogP contribution is 2.27. The maximum absolute atomic E-state index is 12.3. The molecule has 4 nitrogen and oxygen atoms in total. The zero-order chi connectivity index (χ0) is 13.1. The van der Waals surface area contributed by atoms with Crippen molar-refractivity contribution in [2.45, 2.75) is 26.9 Å². The van der Waals surface area contributed by atoms with Crippen molar-refractivity contribution >= 4 is 5.78 Å². The fourth-order valence-electron chi connectivity index (χ4n) is 1.72. The van der Waals surface area contributed by atoms with Crippen LogP contribution in [0.4, 0.5) is 0 Å². The fraction of sp³-hybridized carbons (Fsp3) is 0.538. The highest BCUT2D eigenvalue weighted by atomic mass is 16.5. The molecule has 0 spiro atoms. The van der Waals surface area contributed by atoms with Crippen molar-refractivity contribution in [2.24, 2.45) is 5.41 Å². The third-order valence-electron chi connectivity index (χ3n) is 2.48. The van der Waals surface area contributed by atoms with E-state index in [-0.39, 0.29) is 11.2 Å². The summed E-state index contributed by atoms with van der Waals surface area (Å²) in [6.07, 6.45) is 1.04. The Kier molecular flexibility index (Phi) is 4.23. The Hall–Kier alpha value is -1.42. The molecule has 0 amide bonds. The Morgan fingerprint density at radius 1 is 1.35 bits per heavy atom. The number of hydrogen-bond donors (Lipinski definition) is 0. The predicted molar refractivity (Wildman–Crippen MR) is 65.4 cm³/mol. The lowest BCUT2D eigenvalue weighted by Gasteiger charge is -2.27. The maximum Gasteiger partial charge on any atom is 0.214 e. The molecule has 0 fully saturated rings. The fourth-order valence-corrected chi connectivity index (χ4v) is 1.72. The summed E-state index contributed by atoms with van der Waals surface area (Å²) in [6, 6.07) is 3.45. The number of ketones is 1. The molecule has 0 bridgehead atoms. The highest BCUT2D eigenvalue weighted by Gasteiger charge is 2.34. The Morgan fingerprint density at radius 2 is 2.00 bits per heavy atom. The molecule has 0 aliphatic heterocycles. The van der Waals surface area contributed by atoms with Crippen LogP contribution in [-0.2, 0) is 4.74 Å².